The monoisotopic (exact) mass is 348 g/mol. The SMILES string of the molecule is O=C(Nc1cn[nH]c1)c1cccc(NS(=O)(=O)c2cccs2)c1. The van der Waals surface area contributed by atoms with Gasteiger partial charge in [-0.1, -0.05) is 12.1 Å². The summed E-state index contributed by atoms with van der Waals surface area (Å²) in [6.45, 7) is 0. The van der Waals surface area contributed by atoms with Crippen molar-refractivity contribution in [1.29, 1.82) is 0 Å². The normalized spacial score (nSPS) is 11.1. The van der Waals surface area contributed by atoms with Gasteiger partial charge < -0.3 is 5.32 Å². The van der Waals surface area contributed by atoms with E-state index in [1.807, 2.05) is 0 Å². The molecule has 2 heterocycles. The lowest BCUT2D eigenvalue weighted by Crippen LogP contribution is -2.14. The van der Waals surface area contributed by atoms with Crippen LogP contribution >= 0.6 is 11.3 Å². The van der Waals surface area contributed by atoms with Crippen molar-refractivity contribution < 1.29 is 13.2 Å². The van der Waals surface area contributed by atoms with Gasteiger partial charge in [-0.2, -0.15) is 5.10 Å². The van der Waals surface area contributed by atoms with Crippen molar-refractivity contribution >= 4 is 38.6 Å². The van der Waals surface area contributed by atoms with E-state index in [1.54, 1.807) is 35.8 Å². The van der Waals surface area contributed by atoms with Crippen LogP contribution in [0.3, 0.4) is 0 Å². The summed E-state index contributed by atoms with van der Waals surface area (Å²) in [5, 5.41) is 10.7. The van der Waals surface area contributed by atoms with Crippen LogP contribution in [-0.2, 0) is 10.0 Å². The second-order valence-electron chi connectivity index (χ2n) is 4.56. The van der Waals surface area contributed by atoms with Crippen LogP contribution in [0, 0.1) is 0 Å². The van der Waals surface area contributed by atoms with Gasteiger partial charge in [-0.15, -0.1) is 11.3 Å². The quantitative estimate of drug-likeness (QED) is 0.659. The van der Waals surface area contributed by atoms with E-state index < -0.39 is 10.0 Å². The van der Waals surface area contributed by atoms with Crippen LogP contribution < -0.4 is 10.0 Å². The number of amides is 1. The van der Waals surface area contributed by atoms with Crippen molar-refractivity contribution in [2.45, 2.75) is 4.21 Å². The molecule has 0 aliphatic carbocycles. The third-order valence-electron chi connectivity index (χ3n) is 2.89. The first-order valence-electron chi connectivity index (χ1n) is 6.51. The molecule has 2 aromatic heterocycles. The summed E-state index contributed by atoms with van der Waals surface area (Å²) >= 11 is 1.12. The summed E-state index contributed by atoms with van der Waals surface area (Å²) in [6.07, 6.45) is 3.02. The maximum absolute atomic E-state index is 12.2. The first-order chi connectivity index (χ1) is 11.0. The van der Waals surface area contributed by atoms with Gasteiger partial charge >= 0.3 is 0 Å². The van der Waals surface area contributed by atoms with Crippen LogP contribution in [0.2, 0.25) is 0 Å². The van der Waals surface area contributed by atoms with Gasteiger partial charge in [0.2, 0.25) is 0 Å². The zero-order valence-electron chi connectivity index (χ0n) is 11.7. The molecule has 3 rings (SSSR count). The van der Waals surface area contributed by atoms with E-state index in [4.69, 9.17) is 0 Å². The zero-order chi connectivity index (χ0) is 16.3. The molecule has 3 aromatic rings. The Morgan fingerprint density at radius 3 is 2.74 bits per heavy atom. The number of aromatic nitrogens is 2. The van der Waals surface area contributed by atoms with Crippen molar-refractivity contribution in [3.8, 4) is 0 Å². The fourth-order valence-electron chi connectivity index (χ4n) is 1.87. The van der Waals surface area contributed by atoms with Crippen molar-refractivity contribution in [2.24, 2.45) is 0 Å². The smallest absolute Gasteiger partial charge is 0.271 e. The topological polar surface area (TPSA) is 104 Å². The second kappa shape index (κ2) is 6.23. The molecule has 23 heavy (non-hydrogen) atoms. The first kappa shape index (κ1) is 15.3. The number of nitrogens with one attached hydrogen (secondary N) is 3. The molecular weight excluding hydrogens is 336 g/mol. The van der Waals surface area contributed by atoms with Gasteiger partial charge in [0.15, 0.2) is 0 Å². The molecule has 0 radical (unpaired) electrons. The van der Waals surface area contributed by atoms with Gasteiger partial charge in [0.05, 0.1) is 11.9 Å². The molecule has 9 heteroatoms. The van der Waals surface area contributed by atoms with E-state index >= 15 is 0 Å². The highest BCUT2D eigenvalue weighted by Crippen LogP contribution is 2.21. The molecule has 0 aliphatic rings. The van der Waals surface area contributed by atoms with Crippen LogP contribution in [0.15, 0.2) is 58.4 Å². The highest BCUT2D eigenvalue weighted by Gasteiger charge is 2.16. The fraction of sp³-hybridized carbons (Fsp3) is 0. The predicted molar refractivity (Wildman–Crippen MR) is 88.1 cm³/mol. The van der Waals surface area contributed by atoms with Gasteiger partial charge in [0, 0.05) is 17.4 Å². The molecule has 0 aliphatic heterocycles. The van der Waals surface area contributed by atoms with E-state index in [0.29, 0.717) is 16.9 Å². The Morgan fingerprint density at radius 1 is 1.17 bits per heavy atom. The second-order valence-corrected chi connectivity index (χ2v) is 7.42. The van der Waals surface area contributed by atoms with Crippen molar-refractivity contribution in [1.82, 2.24) is 10.2 Å². The Balaban J connectivity index is 1.79. The number of anilines is 2. The summed E-state index contributed by atoms with van der Waals surface area (Å²) in [5.41, 5.74) is 1.18. The minimum atomic E-state index is -3.64. The van der Waals surface area contributed by atoms with Crippen LogP contribution in [0.1, 0.15) is 10.4 Å². The van der Waals surface area contributed by atoms with E-state index in [-0.39, 0.29) is 10.1 Å². The number of hydrogen-bond donors (Lipinski definition) is 3. The van der Waals surface area contributed by atoms with E-state index in [1.165, 1.54) is 18.3 Å². The van der Waals surface area contributed by atoms with Gasteiger partial charge in [-0.25, -0.2) is 8.42 Å². The number of carbonyl (C=O) groups excluding carboxylic acids is 1. The van der Waals surface area contributed by atoms with Gasteiger partial charge in [0.25, 0.3) is 15.9 Å². The molecule has 1 aromatic carbocycles. The zero-order valence-corrected chi connectivity index (χ0v) is 13.3. The highest BCUT2D eigenvalue weighted by molar-refractivity contribution is 7.94. The summed E-state index contributed by atoms with van der Waals surface area (Å²) in [7, 11) is -3.64. The standard InChI is InChI=1S/C14H12N4O3S2/c19-14(17-12-8-15-16-9-12)10-3-1-4-11(7-10)18-23(20,21)13-5-2-6-22-13/h1-9,18H,(H,15,16)(H,17,19). The Hall–Kier alpha value is -2.65. The summed E-state index contributed by atoms with van der Waals surface area (Å²) in [4.78, 5) is 12.1. The summed E-state index contributed by atoms with van der Waals surface area (Å²) in [5.74, 6) is -0.358. The predicted octanol–water partition coefficient (Wildman–Crippen LogP) is 2.52. The molecule has 0 bridgehead atoms. The maximum atomic E-state index is 12.2. The summed E-state index contributed by atoms with van der Waals surface area (Å²) < 4.78 is 27.0. The Kier molecular flexibility index (Phi) is 4.13. The number of thiophene rings is 1. The molecule has 7 nitrogen and oxygen atoms in total. The number of nitrogens with zero attached hydrogens (tertiary/aromatic N) is 1. The average Bonchev–Trinajstić information content (AvgIpc) is 3.20. The van der Waals surface area contributed by atoms with Gasteiger partial charge in [-0.05, 0) is 29.6 Å². The molecule has 0 spiro atoms. The van der Waals surface area contributed by atoms with Crippen molar-refractivity contribution in [3.05, 3.63) is 59.7 Å². The van der Waals surface area contributed by atoms with Crippen molar-refractivity contribution in [3.63, 3.8) is 0 Å². The molecule has 1 amide bonds. The van der Waals surface area contributed by atoms with Crippen LogP contribution in [0.4, 0.5) is 11.4 Å². The minimum Gasteiger partial charge on any atom is -0.319 e. The molecule has 0 atom stereocenters. The molecule has 0 fully saturated rings. The lowest BCUT2D eigenvalue weighted by molar-refractivity contribution is 0.102. The molecule has 0 saturated carbocycles. The number of benzene rings is 1. The molecular formula is C14H12N4O3S2. The van der Waals surface area contributed by atoms with Gasteiger partial charge in [-0.3, -0.25) is 14.6 Å². The lowest BCUT2D eigenvalue weighted by Gasteiger charge is -2.08. The van der Waals surface area contributed by atoms with E-state index in [9.17, 15) is 13.2 Å². The number of carbonyl (C=O) groups is 1. The number of aromatic amines is 1. The number of H-pyrrole nitrogens is 1. The largest absolute Gasteiger partial charge is 0.319 e. The maximum Gasteiger partial charge on any atom is 0.271 e. The highest BCUT2D eigenvalue weighted by atomic mass is 32.2. The van der Waals surface area contributed by atoms with E-state index in [0.717, 1.165) is 11.3 Å². The van der Waals surface area contributed by atoms with Crippen LogP contribution in [0.5, 0.6) is 0 Å². The molecule has 0 saturated heterocycles. The fourth-order valence-corrected chi connectivity index (χ4v) is 3.91. The Labute approximate surface area is 136 Å². The van der Waals surface area contributed by atoms with Crippen molar-refractivity contribution in [2.75, 3.05) is 10.0 Å². The van der Waals surface area contributed by atoms with Gasteiger partial charge in [0.1, 0.15) is 4.21 Å². The number of rotatable bonds is 5. The molecule has 118 valence electrons. The summed E-state index contributed by atoms with van der Waals surface area (Å²) in [6, 6.07) is 9.44. The Morgan fingerprint density at radius 2 is 2.04 bits per heavy atom. The third-order valence-corrected chi connectivity index (χ3v) is 5.67. The molecule has 0 unspecified atom stereocenters. The number of hydrogen-bond acceptors (Lipinski definition) is 5. The lowest BCUT2D eigenvalue weighted by atomic mass is 10.2. The minimum absolute atomic E-state index is 0.214. The third kappa shape index (κ3) is 3.58. The number of sulfonamides is 1. The van der Waals surface area contributed by atoms with Crippen LogP contribution in [0.25, 0.3) is 0 Å². The Bertz CT molecular complexity index is 903. The molecule has 3 N–H and O–H groups in total. The van der Waals surface area contributed by atoms with Crippen LogP contribution in [-0.4, -0.2) is 24.5 Å². The van der Waals surface area contributed by atoms with E-state index in [2.05, 4.69) is 20.2 Å². The first-order valence-corrected chi connectivity index (χ1v) is 8.87. The average molecular weight is 348 g/mol.